The Morgan fingerprint density at radius 1 is 1.41 bits per heavy atom. The molecule has 7 heteroatoms. The number of nitrogens with zero attached hydrogens (tertiary/aromatic N) is 3. The van der Waals surface area contributed by atoms with Gasteiger partial charge in [-0.2, -0.15) is 0 Å². The van der Waals surface area contributed by atoms with Gasteiger partial charge in [0.25, 0.3) is 0 Å². The van der Waals surface area contributed by atoms with E-state index in [9.17, 15) is 4.79 Å². The summed E-state index contributed by atoms with van der Waals surface area (Å²) in [6.07, 6.45) is 1.52. The molecule has 0 fully saturated rings. The third kappa shape index (κ3) is 1.56. The second kappa shape index (κ2) is 3.63. The Labute approximate surface area is 98.7 Å². The zero-order chi connectivity index (χ0) is 11.8. The van der Waals surface area contributed by atoms with Crippen LogP contribution in [0.2, 0.25) is 0 Å². The maximum atomic E-state index is 11.0. The fourth-order valence-corrected chi connectivity index (χ4v) is 1.93. The first-order chi connectivity index (χ1) is 8.25. The second-order valence-electron chi connectivity index (χ2n) is 3.26. The Balaban J connectivity index is 2.26. The summed E-state index contributed by atoms with van der Waals surface area (Å²) < 4.78 is 9.14. The number of hydrogen-bond acceptors (Lipinski definition) is 6. The maximum absolute atomic E-state index is 11.0. The number of carboxylic acid groups (broad SMARTS) is 1. The van der Waals surface area contributed by atoms with Crippen LogP contribution < -0.4 is 0 Å². The van der Waals surface area contributed by atoms with Crippen molar-refractivity contribution in [1.29, 1.82) is 0 Å². The average Bonchev–Trinajstić information content (AvgIpc) is 2.96. The Morgan fingerprint density at radius 3 is 3.00 bits per heavy atom. The lowest BCUT2D eigenvalue weighted by molar-refractivity contribution is 0.0698. The molecule has 17 heavy (non-hydrogen) atoms. The summed E-state index contributed by atoms with van der Waals surface area (Å²) in [5.74, 6) is -0.704. The third-order valence-corrected chi connectivity index (χ3v) is 2.87. The SMILES string of the molecule is O=C(O)c1cccc2nc(-c3cnns3)oc12. The van der Waals surface area contributed by atoms with Crippen molar-refractivity contribution in [2.75, 3.05) is 0 Å². The maximum Gasteiger partial charge on any atom is 0.339 e. The third-order valence-electron chi connectivity index (χ3n) is 2.22. The lowest BCUT2D eigenvalue weighted by Crippen LogP contribution is -1.95. The van der Waals surface area contributed by atoms with Crippen LogP contribution in [0.4, 0.5) is 0 Å². The Morgan fingerprint density at radius 2 is 2.29 bits per heavy atom. The monoisotopic (exact) mass is 247 g/mol. The largest absolute Gasteiger partial charge is 0.478 e. The molecule has 0 amide bonds. The number of oxazole rings is 1. The average molecular weight is 247 g/mol. The number of fused-ring (bicyclic) bond motifs is 1. The molecule has 0 bridgehead atoms. The highest BCUT2D eigenvalue weighted by Crippen LogP contribution is 2.27. The molecule has 3 aromatic rings. The molecular formula is C10H5N3O3S. The molecule has 1 N–H and O–H groups in total. The standard InChI is InChI=1S/C10H5N3O3S/c14-10(15)5-2-1-3-6-8(5)16-9(12-6)7-4-11-13-17-7/h1-4H,(H,14,15). The zero-order valence-electron chi connectivity index (χ0n) is 8.32. The number of aromatic nitrogens is 3. The summed E-state index contributed by atoms with van der Waals surface area (Å²) in [6, 6.07) is 4.80. The minimum atomic E-state index is -1.04. The minimum absolute atomic E-state index is 0.0960. The van der Waals surface area contributed by atoms with Crippen LogP contribution in [0.25, 0.3) is 21.9 Å². The number of para-hydroxylation sites is 1. The number of aromatic carboxylic acids is 1. The van der Waals surface area contributed by atoms with Gasteiger partial charge >= 0.3 is 5.97 Å². The van der Waals surface area contributed by atoms with Crippen LogP contribution in [0.5, 0.6) is 0 Å². The number of carboxylic acids is 1. The van der Waals surface area contributed by atoms with E-state index in [1.807, 2.05) is 0 Å². The summed E-state index contributed by atoms with van der Waals surface area (Å²) in [5.41, 5.74) is 0.871. The second-order valence-corrected chi connectivity index (χ2v) is 4.05. The number of rotatable bonds is 2. The van der Waals surface area contributed by atoms with Crippen molar-refractivity contribution in [3.05, 3.63) is 30.0 Å². The summed E-state index contributed by atoms with van der Waals surface area (Å²) in [6.45, 7) is 0. The lowest BCUT2D eigenvalue weighted by Gasteiger charge is -1.92. The highest BCUT2D eigenvalue weighted by Gasteiger charge is 2.16. The Bertz CT molecular complexity index is 690. The molecule has 0 spiro atoms. The van der Waals surface area contributed by atoms with Gasteiger partial charge in [-0.15, -0.1) is 5.10 Å². The smallest absolute Gasteiger partial charge is 0.339 e. The van der Waals surface area contributed by atoms with Crippen LogP contribution in [-0.2, 0) is 0 Å². The van der Waals surface area contributed by atoms with Crippen molar-refractivity contribution >= 4 is 28.6 Å². The molecule has 0 aliphatic heterocycles. The first kappa shape index (κ1) is 9.91. The van der Waals surface area contributed by atoms with Crippen LogP contribution in [0.3, 0.4) is 0 Å². The van der Waals surface area contributed by atoms with Crippen molar-refractivity contribution in [2.45, 2.75) is 0 Å². The van der Waals surface area contributed by atoms with E-state index in [4.69, 9.17) is 9.52 Å². The summed E-state index contributed by atoms with van der Waals surface area (Å²) >= 11 is 1.14. The number of hydrogen-bond donors (Lipinski definition) is 1. The zero-order valence-corrected chi connectivity index (χ0v) is 9.14. The molecule has 0 radical (unpaired) electrons. The summed E-state index contributed by atoms with van der Waals surface area (Å²) in [7, 11) is 0. The van der Waals surface area contributed by atoms with E-state index in [-0.39, 0.29) is 11.1 Å². The minimum Gasteiger partial charge on any atom is -0.478 e. The molecule has 2 heterocycles. The van der Waals surface area contributed by atoms with E-state index >= 15 is 0 Å². The molecule has 0 saturated carbocycles. The van der Waals surface area contributed by atoms with Crippen molar-refractivity contribution < 1.29 is 14.3 Å². The van der Waals surface area contributed by atoms with Crippen molar-refractivity contribution in [3.63, 3.8) is 0 Å². The highest BCUT2D eigenvalue weighted by atomic mass is 32.1. The van der Waals surface area contributed by atoms with Crippen LogP contribution in [0.1, 0.15) is 10.4 Å². The van der Waals surface area contributed by atoms with E-state index in [0.29, 0.717) is 16.3 Å². The summed E-state index contributed by atoms with van der Waals surface area (Å²) in [5, 5.41) is 12.7. The fourth-order valence-electron chi connectivity index (χ4n) is 1.48. The Hall–Kier alpha value is -2.28. The molecule has 0 atom stereocenters. The van der Waals surface area contributed by atoms with Gasteiger partial charge in [0, 0.05) is 0 Å². The molecule has 6 nitrogen and oxygen atoms in total. The molecule has 0 aliphatic rings. The fraction of sp³-hybridized carbons (Fsp3) is 0. The molecular weight excluding hydrogens is 242 g/mol. The first-order valence-electron chi connectivity index (χ1n) is 4.66. The van der Waals surface area contributed by atoms with E-state index in [1.165, 1.54) is 12.3 Å². The van der Waals surface area contributed by atoms with Gasteiger partial charge in [0.2, 0.25) is 5.89 Å². The van der Waals surface area contributed by atoms with E-state index in [1.54, 1.807) is 12.1 Å². The van der Waals surface area contributed by atoms with Crippen molar-refractivity contribution in [2.24, 2.45) is 0 Å². The van der Waals surface area contributed by atoms with Gasteiger partial charge < -0.3 is 9.52 Å². The molecule has 3 rings (SSSR count). The molecule has 0 unspecified atom stereocenters. The van der Waals surface area contributed by atoms with Gasteiger partial charge in [0.05, 0.1) is 6.20 Å². The summed E-state index contributed by atoms with van der Waals surface area (Å²) in [4.78, 5) is 15.9. The number of carbonyl (C=O) groups is 1. The van der Waals surface area contributed by atoms with Crippen LogP contribution in [-0.4, -0.2) is 25.6 Å². The van der Waals surface area contributed by atoms with Gasteiger partial charge in [-0.25, -0.2) is 9.78 Å². The predicted octanol–water partition coefficient (Wildman–Crippen LogP) is 2.04. The number of benzene rings is 1. The highest BCUT2D eigenvalue weighted by molar-refractivity contribution is 7.09. The van der Waals surface area contributed by atoms with Crippen molar-refractivity contribution in [1.82, 2.24) is 14.6 Å². The van der Waals surface area contributed by atoms with Gasteiger partial charge in [-0.05, 0) is 23.7 Å². The van der Waals surface area contributed by atoms with Gasteiger partial charge in [-0.3, -0.25) is 0 Å². The molecule has 84 valence electrons. The van der Waals surface area contributed by atoms with Gasteiger partial charge in [-0.1, -0.05) is 10.6 Å². The van der Waals surface area contributed by atoms with Crippen LogP contribution in [0, 0.1) is 0 Å². The lowest BCUT2D eigenvalue weighted by atomic mass is 10.2. The topological polar surface area (TPSA) is 89.1 Å². The predicted molar refractivity (Wildman–Crippen MR) is 59.9 cm³/mol. The molecule has 1 aromatic carbocycles. The quantitative estimate of drug-likeness (QED) is 0.745. The van der Waals surface area contributed by atoms with E-state index in [2.05, 4.69) is 14.6 Å². The molecule has 0 aliphatic carbocycles. The van der Waals surface area contributed by atoms with Crippen LogP contribution >= 0.6 is 11.5 Å². The van der Waals surface area contributed by atoms with E-state index < -0.39 is 5.97 Å². The van der Waals surface area contributed by atoms with Gasteiger partial charge in [0.1, 0.15) is 16.0 Å². The van der Waals surface area contributed by atoms with Crippen LogP contribution in [0.15, 0.2) is 28.8 Å². The van der Waals surface area contributed by atoms with E-state index in [0.717, 1.165) is 11.5 Å². The Kier molecular flexibility index (Phi) is 2.12. The van der Waals surface area contributed by atoms with Crippen molar-refractivity contribution in [3.8, 4) is 10.8 Å². The van der Waals surface area contributed by atoms with Gasteiger partial charge in [0.15, 0.2) is 5.58 Å². The molecule has 2 aromatic heterocycles. The first-order valence-corrected chi connectivity index (χ1v) is 5.43. The molecule has 0 saturated heterocycles. The normalized spacial score (nSPS) is 10.8.